The molecule has 1 saturated carbocycles. The van der Waals surface area contributed by atoms with Crippen molar-refractivity contribution >= 4 is 17.4 Å². The summed E-state index contributed by atoms with van der Waals surface area (Å²) in [5.41, 5.74) is 1.05. The van der Waals surface area contributed by atoms with E-state index in [1.54, 1.807) is 24.3 Å². The van der Waals surface area contributed by atoms with Crippen LogP contribution in [0.1, 0.15) is 47.3 Å². The smallest absolute Gasteiger partial charge is 0.368 e. The van der Waals surface area contributed by atoms with E-state index in [9.17, 15) is 18.0 Å². The van der Waals surface area contributed by atoms with Crippen molar-refractivity contribution < 1.29 is 18.0 Å². The Balaban J connectivity index is 1.37. The number of hydrogen-bond donors (Lipinski definition) is 2. The standard InChI is InChI=1S/C22H23F3N4O/c1-14-4-2-5-15(12-14)21(30)27-17-10-8-16(9-11-17)26-19-6-3-7-20-28-18(13-29(19)20)22(23,24)25/h2-7,12-13,16-17,26H,8-11H2,1H3,(H,27,30). The van der Waals surface area contributed by atoms with Crippen LogP contribution >= 0.6 is 0 Å². The molecular formula is C22H23F3N4O. The number of carbonyl (C=O) groups excluding carboxylic acids is 1. The number of halogens is 3. The second kappa shape index (κ2) is 8.01. The van der Waals surface area contributed by atoms with Crippen molar-refractivity contribution in [2.24, 2.45) is 0 Å². The third kappa shape index (κ3) is 4.42. The molecule has 158 valence electrons. The van der Waals surface area contributed by atoms with Crippen molar-refractivity contribution in [3.05, 3.63) is 65.5 Å². The second-order valence-electron chi connectivity index (χ2n) is 7.80. The fourth-order valence-corrected chi connectivity index (χ4v) is 3.91. The Labute approximate surface area is 172 Å². The first-order chi connectivity index (χ1) is 14.3. The molecule has 5 nitrogen and oxygen atoms in total. The van der Waals surface area contributed by atoms with Gasteiger partial charge in [-0.1, -0.05) is 23.8 Å². The van der Waals surface area contributed by atoms with E-state index in [1.165, 1.54) is 4.40 Å². The summed E-state index contributed by atoms with van der Waals surface area (Å²) >= 11 is 0. The Morgan fingerprint density at radius 1 is 1.07 bits per heavy atom. The number of imidazole rings is 1. The Bertz CT molecular complexity index is 1050. The molecular weight excluding hydrogens is 393 g/mol. The van der Waals surface area contributed by atoms with E-state index in [0.29, 0.717) is 11.4 Å². The van der Waals surface area contributed by atoms with Gasteiger partial charge in [0.05, 0.1) is 0 Å². The number of anilines is 1. The minimum atomic E-state index is -4.48. The first-order valence-electron chi connectivity index (χ1n) is 9.99. The van der Waals surface area contributed by atoms with Crippen LogP contribution in [-0.2, 0) is 6.18 Å². The quantitative estimate of drug-likeness (QED) is 0.642. The molecule has 1 amide bonds. The fraction of sp³-hybridized carbons (Fsp3) is 0.364. The molecule has 0 aliphatic heterocycles. The molecule has 0 radical (unpaired) electrons. The van der Waals surface area contributed by atoms with Crippen LogP contribution in [0.2, 0.25) is 0 Å². The number of benzene rings is 1. The Hall–Kier alpha value is -3.03. The van der Waals surface area contributed by atoms with Gasteiger partial charge in [-0.15, -0.1) is 0 Å². The lowest BCUT2D eigenvalue weighted by Crippen LogP contribution is -2.40. The number of fused-ring (bicyclic) bond motifs is 1. The molecule has 4 rings (SSSR count). The predicted molar refractivity (Wildman–Crippen MR) is 109 cm³/mol. The van der Waals surface area contributed by atoms with Crippen molar-refractivity contribution in [1.82, 2.24) is 14.7 Å². The monoisotopic (exact) mass is 416 g/mol. The fourth-order valence-electron chi connectivity index (χ4n) is 3.91. The normalized spacial score (nSPS) is 19.6. The van der Waals surface area contributed by atoms with Gasteiger partial charge in [0, 0.05) is 23.8 Å². The SMILES string of the molecule is Cc1cccc(C(=O)NC2CCC(Nc3cccc4nc(C(F)(F)F)cn34)CC2)c1. The van der Waals surface area contributed by atoms with Gasteiger partial charge in [0.25, 0.3) is 5.91 Å². The number of alkyl halides is 3. The molecule has 1 aliphatic rings. The zero-order valence-electron chi connectivity index (χ0n) is 16.5. The second-order valence-corrected chi connectivity index (χ2v) is 7.80. The number of rotatable bonds is 4. The van der Waals surface area contributed by atoms with E-state index in [2.05, 4.69) is 15.6 Å². The first-order valence-corrected chi connectivity index (χ1v) is 9.99. The van der Waals surface area contributed by atoms with E-state index >= 15 is 0 Å². The van der Waals surface area contributed by atoms with Crippen LogP contribution in [0.5, 0.6) is 0 Å². The van der Waals surface area contributed by atoms with Crippen molar-refractivity contribution in [2.75, 3.05) is 5.32 Å². The molecule has 0 atom stereocenters. The number of aromatic nitrogens is 2. The lowest BCUT2D eigenvalue weighted by molar-refractivity contribution is -0.140. The van der Waals surface area contributed by atoms with Crippen molar-refractivity contribution in [2.45, 2.75) is 50.9 Å². The average Bonchev–Trinajstić information content (AvgIpc) is 3.15. The summed E-state index contributed by atoms with van der Waals surface area (Å²) in [7, 11) is 0. The van der Waals surface area contributed by atoms with Crippen molar-refractivity contribution in [1.29, 1.82) is 0 Å². The topological polar surface area (TPSA) is 58.4 Å². The first kappa shape index (κ1) is 20.3. The highest BCUT2D eigenvalue weighted by atomic mass is 19.4. The minimum Gasteiger partial charge on any atom is -0.368 e. The molecule has 0 bridgehead atoms. The number of nitrogens with one attached hydrogen (secondary N) is 2. The third-order valence-electron chi connectivity index (χ3n) is 5.48. The number of pyridine rings is 1. The molecule has 0 unspecified atom stereocenters. The molecule has 0 spiro atoms. The summed E-state index contributed by atoms with van der Waals surface area (Å²) in [6.07, 6.45) is -0.208. The van der Waals surface area contributed by atoms with Gasteiger partial charge in [0.2, 0.25) is 0 Å². The number of aryl methyl sites for hydroxylation is 1. The van der Waals surface area contributed by atoms with Crippen LogP contribution in [-0.4, -0.2) is 27.4 Å². The maximum absolute atomic E-state index is 13.0. The van der Waals surface area contributed by atoms with Gasteiger partial charge in [-0.05, 0) is 56.9 Å². The molecule has 3 aromatic rings. The molecule has 1 aromatic carbocycles. The largest absolute Gasteiger partial charge is 0.434 e. The van der Waals surface area contributed by atoms with Gasteiger partial charge in [0.15, 0.2) is 5.69 Å². The van der Waals surface area contributed by atoms with Crippen LogP contribution < -0.4 is 10.6 Å². The lowest BCUT2D eigenvalue weighted by Gasteiger charge is -2.30. The Kier molecular flexibility index (Phi) is 5.40. The summed E-state index contributed by atoms with van der Waals surface area (Å²) in [6, 6.07) is 12.7. The molecule has 2 N–H and O–H groups in total. The molecule has 30 heavy (non-hydrogen) atoms. The van der Waals surface area contributed by atoms with E-state index in [0.717, 1.165) is 37.4 Å². The molecule has 8 heteroatoms. The molecule has 2 aromatic heterocycles. The van der Waals surface area contributed by atoms with Crippen molar-refractivity contribution in [3.63, 3.8) is 0 Å². The highest BCUT2D eigenvalue weighted by molar-refractivity contribution is 5.94. The van der Waals surface area contributed by atoms with Crippen molar-refractivity contribution in [3.8, 4) is 0 Å². The molecule has 1 fully saturated rings. The minimum absolute atomic E-state index is 0.0713. The van der Waals surface area contributed by atoms with E-state index in [4.69, 9.17) is 0 Å². The summed E-state index contributed by atoms with van der Waals surface area (Å²) in [5.74, 6) is 0.515. The summed E-state index contributed by atoms with van der Waals surface area (Å²) < 4.78 is 40.4. The van der Waals surface area contributed by atoms with Gasteiger partial charge in [-0.2, -0.15) is 13.2 Å². The van der Waals surface area contributed by atoms with Crippen LogP contribution in [0.15, 0.2) is 48.7 Å². The maximum atomic E-state index is 13.0. The number of carbonyl (C=O) groups is 1. The lowest BCUT2D eigenvalue weighted by atomic mass is 9.91. The van der Waals surface area contributed by atoms with Crippen LogP contribution in [0.25, 0.3) is 5.65 Å². The maximum Gasteiger partial charge on any atom is 0.434 e. The highest BCUT2D eigenvalue weighted by Gasteiger charge is 2.34. The van der Waals surface area contributed by atoms with Gasteiger partial charge in [0.1, 0.15) is 11.5 Å². The zero-order valence-corrected chi connectivity index (χ0v) is 16.5. The number of nitrogens with zero attached hydrogens (tertiary/aromatic N) is 2. The summed E-state index contributed by atoms with van der Waals surface area (Å²) in [4.78, 5) is 16.1. The Morgan fingerprint density at radius 2 is 1.77 bits per heavy atom. The zero-order chi connectivity index (χ0) is 21.3. The van der Waals surface area contributed by atoms with Gasteiger partial charge >= 0.3 is 6.18 Å². The van der Waals surface area contributed by atoms with Crippen LogP contribution in [0, 0.1) is 6.92 Å². The number of hydrogen-bond acceptors (Lipinski definition) is 3. The molecule has 0 saturated heterocycles. The van der Waals surface area contributed by atoms with E-state index in [1.807, 2.05) is 25.1 Å². The summed E-state index contributed by atoms with van der Waals surface area (Å²) in [5, 5.41) is 6.43. The van der Waals surface area contributed by atoms with Gasteiger partial charge < -0.3 is 10.6 Å². The van der Waals surface area contributed by atoms with Crippen LogP contribution in [0.4, 0.5) is 19.0 Å². The van der Waals surface area contributed by atoms with Gasteiger partial charge in [-0.3, -0.25) is 9.20 Å². The molecule has 2 heterocycles. The average molecular weight is 416 g/mol. The molecule has 1 aliphatic carbocycles. The predicted octanol–water partition coefficient (Wildman–Crippen LogP) is 4.81. The summed E-state index contributed by atoms with van der Waals surface area (Å²) in [6.45, 7) is 1.95. The third-order valence-corrected chi connectivity index (χ3v) is 5.48. The van der Waals surface area contributed by atoms with Crippen LogP contribution in [0.3, 0.4) is 0 Å². The van der Waals surface area contributed by atoms with Gasteiger partial charge in [-0.25, -0.2) is 4.98 Å². The highest BCUT2D eigenvalue weighted by Crippen LogP contribution is 2.30. The number of amides is 1. The van der Waals surface area contributed by atoms with E-state index in [-0.39, 0.29) is 23.6 Å². The van der Waals surface area contributed by atoms with E-state index < -0.39 is 11.9 Å². The Morgan fingerprint density at radius 3 is 2.47 bits per heavy atom.